The summed E-state index contributed by atoms with van der Waals surface area (Å²) >= 11 is 0. The Morgan fingerprint density at radius 3 is 2.12 bits per heavy atom. The van der Waals surface area contributed by atoms with Gasteiger partial charge in [0.05, 0.1) is 19.6 Å². The van der Waals surface area contributed by atoms with Crippen molar-refractivity contribution in [1.29, 1.82) is 0 Å². The van der Waals surface area contributed by atoms with Crippen LogP contribution in [0.15, 0.2) is 60.7 Å². The highest BCUT2D eigenvalue weighted by Gasteiger charge is 2.26. The molecule has 2 rings (SSSR count). The first-order valence-corrected chi connectivity index (χ1v) is 8.22. The fraction of sp³-hybridized carbons (Fsp3) is 0.300. The van der Waals surface area contributed by atoms with Crippen LogP contribution in [0.1, 0.15) is 17.5 Å². The van der Waals surface area contributed by atoms with Crippen molar-refractivity contribution in [3.8, 4) is 0 Å². The van der Waals surface area contributed by atoms with Gasteiger partial charge >= 0.3 is 5.97 Å². The Balaban J connectivity index is 1.82. The van der Waals surface area contributed by atoms with Crippen LogP contribution in [-0.2, 0) is 27.4 Å². The lowest BCUT2D eigenvalue weighted by molar-refractivity contribution is -0.149. The maximum atomic E-state index is 12.3. The predicted octanol–water partition coefficient (Wildman–Crippen LogP) is 2.75. The Morgan fingerprint density at radius 1 is 1.00 bits per heavy atom. The highest BCUT2D eigenvalue weighted by molar-refractivity contribution is 5.83. The van der Waals surface area contributed by atoms with Crippen LogP contribution in [-0.4, -0.2) is 41.6 Å². The SMILES string of the molecule is CN(C(=O)CCOCc1ccccc1)C(Cc1ccccc1)C(=O)O. The summed E-state index contributed by atoms with van der Waals surface area (Å²) in [6, 6.07) is 18.1. The van der Waals surface area contributed by atoms with Gasteiger partial charge < -0.3 is 14.7 Å². The molecule has 1 amide bonds. The summed E-state index contributed by atoms with van der Waals surface area (Å²) in [5, 5.41) is 9.45. The maximum absolute atomic E-state index is 12.3. The third kappa shape index (κ3) is 6.04. The molecule has 0 saturated heterocycles. The third-order valence-electron chi connectivity index (χ3n) is 3.99. The summed E-state index contributed by atoms with van der Waals surface area (Å²) in [6.07, 6.45) is 0.436. The van der Waals surface area contributed by atoms with Gasteiger partial charge in [-0.1, -0.05) is 60.7 Å². The Kier molecular flexibility index (Phi) is 7.16. The Bertz CT molecular complexity index is 673. The summed E-state index contributed by atoms with van der Waals surface area (Å²) < 4.78 is 5.50. The van der Waals surface area contributed by atoms with Gasteiger partial charge in [-0.15, -0.1) is 0 Å². The second kappa shape index (κ2) is 9.59. The molecule has 0 radical (unpaired) electrons. The van der Waals surface area contributed by atoms with Gasteiger partial charge in [0.25, 0.3) is 0 Å². The number of rotatable bonds is 9. The van der Waals surface area contributed by atoms with Gasteiger partial charge in [-0.3, -0.25) is 4.79 Å². The lowest BCUT2D eigenvalue weighted by Gasteiger charge is -2.25. The zero-order chi connectivity index (χ0) is 18.1. The molecule has 1 unspecified atom stereocenters. The van der Waals surface area contributed by atoms with Crippen LogP contribution in [0.2, 0.25) is 0 Å². The van der Waals surface area contributed by atoms with Crippen LogP contribution in [0.5, 0.6) is 0 Å². The molecule has 1 N–H and O–H groups in total. The zero-order valence-corrected chi connectivity index (χ0v) is 14.3. The molecule has 2 aromatic rings. The molecule has 0 fully saturated rings. The van der Waals surface area contributed by atoms with Crippen molar-refractivity contribution in [3.63, 3.8) is 0 Å². The number of amides is 1. The van der Waals surface area contributed by atoms with E-state index < -0.39 is 12.0 Å². The van der Waals surface area contributed by atoms with Crippen LogP contribution >= 0.6 is 0 Å². The number of carbonyl (C=O) groups excluding carboxylic acids is 1. The largest absolute Gasteiger partial charge is 0.480 e. The highest BCUT2D eigenvalue weighted by Crippen LogP contribution is 2.10. The molecule has 132 valence electrons. The quantitative estimate of drug-likeness (QED) is 0.712. The normalized spacial score (nSPS) is 11.7. The number of likely N-dealkylation sites (N-methyl/N-ethyl adjacent to an activating group) is 1. The van der Waals surface area contributed by atoms with E-state index in [2.05, 4.69) is 0 Å². The number of benzene rings is 2. The van der Waals surface area contributed by atoms with Gasteiger partial charge in [-0.25, -0.2) is 4.79 Å². The number of aliphatic carboxylic acids is 1. The Morgan fingerprint density at radius 2 is 1.56 bits per heavy atom. The van der Waals surface area contributed by atoms with E-state index in [1.54, 1.807) is 0 Å². The zero-order valence-electron chi connectivity index (χ0n) is 14.3. The molecule has 0 aliphatic carbocycles. The molecule has 5 nitrogen and oxygen atoms in total. The Hall–Kier alpha value is -2.66. The van der Waals surface area contributed by atoms with Crippen molar-refractivity contribution in [2.24, 2.45) is 0 Å². The summed E-state index contributed by atoms with van der Waals surface area (Å²) in [5.74, 6) is -1.25. The van der Waals surface area contributed by atoms with Crippen LogP contribution in [0, 0.1) is 0 Å². The molecule has 2 aromatic carbocycles. The molecule has 0 heterocycles. The standard InChI is InChI=1S/C20H23NO4/c1-21(18(20(23)24)14-16-8-4-2-5-9-16)19(22)12-13-25-15-17-10-6-3-7-11-17/h2-11,18H,12-15H2,1H3,(H,23,24). The first kappa shape index (κ1) is 18.7. The van der Waals surface area contributed by atoms with Crippen LogP contribution in [0.3, 0.4) is 0 Å². The second-order valence-corrected chi connectivity index (χ2v) is 5.84. The van der Waals surface area contributed by atoms with Crippen LogP contribution in [0.25, 0.3) is 0 Å². The fourth-order valence-corrected chi connectivity index (χ4v) is 2.50. The van der Waals surface area contributed by atoms with Crippen molar-refractivity contribution in [2.45, 2.75) is 25.5 Å². The van der Waals surface area contributed by atoms with Crippen molar-refractivity contribution in [2.75, 3.05) is 13.7 Å². The molecule has 0 aliphatic rings. The molecule has 1 atom stereocenters. The predicted molar refractivity (Wildman–Crippen MR) is 95.1 cm³/mol. The molecule has 25 heavy (non-hydrogen) atoms. The van der Waals surface area contributed by atoms with Gasteiger partial charge in [0.15, 0.2) is 0 Å². The van der Waals surface area contributed by atoms with E-state index in [0.717, 1.165) is 11.1 Å². The third-order valence-corrected chi connectivity index (χ3v) is 3.99. The van der Waals surface area contributed by atoms with E-state index in [1.165, 1.54) is 11.9 Å². The lowest BCUT2D eigenvalue weighted by atomic mass is 10.0. The molecular weight excluding hydrogens is 318 g/mol. The summed E-state index contributed by atoms with van der Waals surface area (Å²) in [5.41, 5.74) is 1.92. The van der Waals surface area contributed by atoms with E-state index in [1.807, 2.05) is 60.7 Å². The van der Waals surface area contributed by atoms with Gasteiger partial charge in [0, 0.05) is 13.5 Å². The Labute approximate surface area is 147 Å². The summed E-state index contributed by atoms with van der Waals surface area (Å²) in [6.45, 7) is 0.694. The second-order valence-electron chi connectivity index (χ2n) is 5.84. The molecule has 0 saturated carbocycles. The molecule has 0 spiro atoms. The molecule has 5 heteroatoms. The van der Waals surface area contributed by atoms with Gasteiger partial charge in [0.1, 0.15) is 6.04 Å². The van der Waals surface area contributed by atoms with Crippen molar-refractivity contribution in [3.05, 3.63) is 71.8 Å². The minimum atomic E-state index is -1.01. The maximum Gasteiger partial charge on any atom is 0.326 e. The van der Waals surface area contributed by atoms with Gasteiger partial charge in [-0.2, -0.15) is 0 Å². The first-order chi connectivity index (χ1) is 12.1. The first-order valence-electron chi connectivity index (χ1n) is 8.22. The average Bonchev–Trinajstić information content (AvgIpc) is 2.64. The molecule has 0 bridgehead atoms. The number of carboxylic acid groups (broad SMARTS) is 1. The minimum absolute atomic E-state index is 0.155. The summed E-state index contributed by atoms with van der Waals surface area (Å²) in [4.78, 5) is 25.1. The number of carbonyl (C=O) groups is 2. The lowest BCUT2D eigenvalue weighted by Crippen LogP contribution is -2.44. The smallest absolute Gasteiger partial charge is 0.326 e. The van der Waals surface area contributed by atoms with Crippen molar-refractivity contribution in [1.82, 2.24) is 4.90 Å². The number of hydrogen-bond acceptors (Lipinski definition) is 3. The van der Waals surface area contributed by atoms with E-state index in [4.69, 9.17) is 4.74 Å². The molecule has 0 aromatic heterocycles. The van der Waals surface area contributed by atoms with E-state index in [0.29, 0.717) is 6.61 Å². The monoisotopic (exact) mass is 341 g/mol. The van der Waals surface area contributed by atoms with E-state index >= 15 is 0 Å². The molecule has 0 aliphatic heterocycles. The topological polar surface area (TPSA) is 66.8 Å². The number of carboxylic acids is 1. The summed E-state index contributed by atoms with van der Waals surface area (Å²) in [7, 11) is 1.53. The van der Waals surface area contributed by atoms with Gasteiger partial charge in [-0.05, 0) is 11.1 Å². The fourth-order valence-electron chi connectivity index (χ4n) is 2.50. The molecular formula is C20H23NO4. The average molecular weight is 341 g/mol. The number of hydrogen-bond donors (Lipinski definition) is 1. The van der Waals surface area contributed by atoms with Crippen LogP contribution in [0.4, 0.5) is 0 Å². The minimum Gasteiger partial charge on any atom is -0.480 e. The van der Waals surface area contributed by atoms with Crippen molar-refractivity contribution >= 4 is 11.9 Å². The van der Waals surface area contributed by atoms with E-state index in [-0.39, 0.29) is 25.4 Å². The number of ether oxygens (including phenoxy) is 1. The van der Waals surface area contributed by atoms with Crippen molar-refractivity contribution < 1.29 is 19.4 Å². The number of nitrogens with zero attached hydrogens (tertiary/aromatic N) is 1. The highest BCUT2D eigenvalue weighted by atomic mass is 16.5. The van der Waals surface area contributed by atoms with E-state index in [9.17, 15) is 14.7 Å². The van der Waals surface area contributed by atoms with Gasteiger partial charge in [0.2, 0.25) is 5.91 Å². The van der Waals surface area contributed by atoms with Crippen LogP contribution < -0.4 is 0 Å².